The Balaban J connectivity index is 4.36. The summed E-state index contributed by atoms with van der Waals surface area (Å²) in [6, 6.07) is 0. The van der Waals surface area contributed by atoms with Gasteiger partial charge in [-0.05, 0) is 13.8 Å². The van der Waals surface area contributed by atoms with Gasteiger partial charge in [-0.25, -0.2) is 0 Å². The lowest BCUT2D eigenvalue weighted by molar-refractivity contribution is -0.152. The topological polar surface area (TPSA) is 52.6 Å². The Hall–Kier alpha value is -0.190. The molecule has 94 valence electrons. The summed E-state index contributed by atoms with van der Waals surface area (Å²) in [6.07, 6.45) is 0. The highest BCUT2D eigenvalue weighted by Crippen LogP contribution is 2.21. The molecule has 0 saturated heterocycles. The van der Waals surface area contributed by atoms with Crippen LogP contribution in [0.1, 0.15) is 13.8 Å². The number of hydrogen-bond acceptors (Lipinski definition) is 4. The predicted molar refractivity (Wildman–Crippen MR) is 62.2 cm³/mol. The third-order valence-corrected chi connectivity index (χ3v) is 2.98. The number of ether oxygens (including phenoxy) is 2. The quantitative estimate of drug-likeness (QED) is 0.574. The summed E-state index contributed by atoms with van der Waals surface area (Å²) in [4.78, 5) is 19.8. The van der Waals surface area contributed by atoms with Gasteiger partial charge in [-0.15, -0.1) is 34.8 Å². The first-order chi connectivity index (χ1) is 7.17. The molecule has 0 bridgehead atoms. The molecule has 16 heavy (non-hydrogen) atoms. The van der Waals surface area contributed by atoms with Gasteiger partial charge in [-0.2, -0.15) is 0 Å². The van der Waals surface area contributed by atoms with E-state index in [-0.39, 0.29) is 12.5 Å². The Morgan fingerprint density at radius 3 is 2.00 bits per heavy atom. The fourth-order valence-corrected chi connectivity index (χ4v) is 0.973. The fourth-order valence-electron chi connectivity index (χ4n) is 0.678. The Morgan fingerprint density at radius 2 is 1.62 bits per heavy atom. The smallest absolute Gasteiger partial charge is 0.330 e. The summed E-state index contributed by atoms with van der Waals surface area (Å²) in [6.45, 7) is 2.45. The second-order valence-electron chi connectivity index (χ2n) is 3.60. The van der Waals surface area contributed by atoms with Crippen LogP contribution in [-0.2, 0) is 19.1 Å². The van der Waals surface area contributed by atoms with E-state index in [1.165, 1.54) is 21.0 Å². The van der Waals surface area contributed by atoms with Crippen LogP contribution < -0.4 is 0 Å². The summed E-state index contributed by atoms with van der Waals surface area (Å²) in [5.74, 6) is -1.53. The molecule has 0 rings (SSSR count). The lowest BCUT2D eigenvalue weighted by Crippen LogP contribution is -2.40. The minimum absolute atomic E-state index is 0.107. The van der Waals surface area contributed by atoms with E-state index in [1.54, 1.807) is 0 Å². The normalized spacial score (nSPS) is 18.1. The molecule has 0 aliphatic carbocycles. The summed E-state index contributed by atoms with van der Waals surface area (Å²) in [5.41, 5.74) is 0. The van der Waals surface area contributed by atoms with Crippen molar-refractivity contribution in [3.8, 4) is 0 Å². The third-order valence-electron chi connectivity index (χ3n) is 1.76. The minimum atomic E-state index is -1.43. The number of alkyl halides is 3. The molecule has 0 aromatic carbocycles. The third kappa shape index (κ3) is 4.36. The molecule has 7 heteroatoms. The monoisotopic (exact) mass is 290 g/mol. The molecule has 0 fully saturated rings. The first-order valence-electron chi connectivity index (χ1n) is 4.37. The van der Waals surface area contributed by atoms with Crippen molar-refractivity contribution in [3.63, 3.8) is 0 Å². The van der Waals surface area contributed by atoms with Crippen LogP contribution in [0.25, 0.3) is 0 Å². The summed E-state index contributed by atoms with van der Waals surface area (Å²) < 4.78 is 9.24. The molecule has 2 atom stereocenters. The van der Waals surface area contributed by atoms with Crippen LogP contribution in [-0.4, -0.2) is 41.3 Å². The van der Waals surface area contributed by atoms with Gasteiger partial charge in [0.25, 0.3) is 0 Å². The number of esters is 2. The molecule has 0 aliphatic heterocycles. The lowest BCUT2D eigenvalue weighted by Gasteiger charge is -2.22. The zero-order valence-corrected chi connectivity index (χ0v) is 11.4. The first kappa shape index (κ1) is 15.8. The van der Waals surface area contributed by atoms with Crippen LogP contribution in [0.3, 0.4) is 0 Å². The molecule has 0 saturated carbocycles. The predicted octanol–water partition coefficient (Wildman–Crippen LogP) is 1.94. The summed E-state index contributed by atoms with van der Waals surface area (Å²) in [7, 11) is 1.19. The SMILES string of the molecule is COC(=O)C(C)(Cl)COC(=O)C(C)(Cl)CCl. The van der Waals surface area contributed by atoms with Gasteiger partial charge >= 0.3 is 11.9 Å². The van der Waals surface area contributed by atoms with Crippen LogP contribution in [0.4, 0.5) is 0 Å². The van der Waals surface area contributed by atoms with Gasteiger partial charge < -0.3 is 9.47 Å². The van der Waals surface area contributed by atoms with Crippen molar-refractivity contribution < 1.29 is 19.1 Å². The minimum Gasteiger partial charge on any atom is -0.468 e. The van der Waals surface area contributed by atoms with Crippen molar-refractivity contribution in [2.75, 3.05) is 19.6 Å². The summed E-state index contributed by atoms with van der Waals surface area (Å²) in [5, 5.41) is 0. The Morgan fingerprint density at radius 1 is 1.12 bits per heavy atom. The molecule has 0 heterocycles. The second-order valence-corrected chi connectivity index (χ2v) is 5.53. The average molecular weight is 292 g/mol. The van der Waals surface area contributed by atoms with Crippen LogP contribution in [0, 0.1) is 0 Å². The number of halogens is 3. The Labute approximate surface area is 109 Å². The van der Waals surface area contributed by atoms with Gasteiger partial charge in [-0.1, -0.05) is 0 Å². The maximum atomic E-state index is 11.4. The lowest BCUT2D eigenvalue weighted by atomic mass is 10.2. The molecule has 0 aromatic heterocycles. The van der Waals surface area contributed by atoms with Crippen LogP contribution in [0.5, 0.6) is 0 Å². The highest BCUT2D eigenvalue weighted by Gasteiger charge is 2.37. The van der Waals surface area contributed by atoms with Crippen LogP contribution >= 0.6 is 34.8 Å². The second kappa shape index (κ2) is 5.94. The van der Waals surface area contributed by atoms with Crippen molar-refractivity contribution in [2.45, 2.75) is 23.6 Å². The Kier molecular flexibility index (Phi) is 5.87. The van der Waals surface area contributed by atoms with E-state index in [0.29, 0.717) is 0 Å². The van der Waals surface area contributed by atoms with E-state index in [0.717, 1.165) is 0 Å². The molecule has 2 unspecified atom stereocenters. The van der Waals surface area contributed by atoms with Crippen molar-refractivity contribution in [3.05, 3.63) is 0 Å². The molecule has 0 spiro atoms. The van der Waals surface area contributed by atoms with Gasteiger partial charge in [-0.3, -0.25) is 9.59 Å². The number of carbonyl (C=O) groups excluding carboxylic acids is 2. The Bertz CT molecular complexity index is 276. The number of hydrogen-bond donors (Lipinski definition) is 0. The molecule has 0 aromatic rings. The maximum absolute atomic E-state index is 11.4. The van der Waals surface area contributed by atoms with E-state index in [1.807, 2.05) is 0 Å². The van der Waals surface area contributed by atoms with E-state index in [2.05, 4.69) is 4.74 Å². The van der Waals surface area contributed by atoms with Gasteiger partial charge in [0.1, 0.15) is 6.61 Å². The highest BCUT2D eigenvalue weighted by atomic mass is 35.5. The van der Waals surface area contributed by atoms with Crippen molar-refractivity contribution in [1.29, 1.82) is 0 Å². The van der Waals surface area contributed by atoms with E-state index < -0.39 is 21.7 Å². The van der Waals surface area contributed by atoms with Crippen molar-refractivity contribution in [1.82, 2.24) is 0 Å². The molecular formula is C9H13Cl3O4. The van der Waals surface area contributed by atoms with Crippen LogP contribution in [0.15, 0.2) is 0 Å². The zero-order valence-electron chi connectivity index (χ0n) is 9.18. The summed E-state index contributed by atoms with van der Waals surface area (Å²) >= 11 is 17.0. The van der Waals surface area contributed by atoms with Crippen molar-refractivity contribution in [2.24, 2.45) is 0 Å². The van der Waals surface area contributed by atoms with Gasteiger partial charge in [0, 0.05) is 0 Å². The first-order valence-corrected chi connectivity index (χ1v) is 5.66. The molecule has 0 radical (unpaired) electrons. The van der Waals surface area contributed by atoms with Crippen molar-refractivity contribution >= 4 is 46.7 Å². The number of methoxy groups -OCH3 is 1. The molecule has 0 amide bonds. The van der Waals surface area contributed by atoms with Gasteiger partial charge in [0.2, 0.25) is 0 Å². The largest absolute Gasteiger partial charge is 0.468 e. The van der Waals surface area contributed by atoms with Crippen LogP contribution in [0.2, 0.25) is 0 Å². The van der Waals surface area contributed by atoms with E-state index in [9.17, 15) is 9.59 Å². The van der Waals surface area contributed by atoms with E-state index >= 15 is 0 Å². The fraction of sp³-hybridized carbons (Fsp3) is 0.778. The highest BCUT2D eigenvalue weighted by molar-refractivity contribution is 6.39. The zero-order chi connectivity index (χ0) is 13.0. The standard InChI is InChI=1S/C9H13Cl3O4/c1-8(11,4-10)7(14)16-5-9(2,12)6(13)15-3/h4-5H2,1-3H3. The molecular weight excluding hydrogens is 278 g/mol. The average Bonchev–Trinajstić information content (AvgIpc) is 2.24. The molecule has 0 N–H and O–H groups in total. The van der Waals surface area contributed by atoms with Gasteiger partial charge in [0.05, 0.1) is 13.0 Å². The van der Waals surface area contributed by atoms with Gasteiger partial charge in [0.15, 0.2) is 9.75 Å². The molecule has 4 nitrogen and oxygen atoms in total. The number of rotatable bonds is 5. The van der Waals surface area contributed by atoms with E-state index in [4.69, 9.17) is 39.5 Å². The molecule has 0 aliphatic rings. The number of carbonyl (C=O) groups is 2. The maximum Gasteiger partial charge on any atom is 0.330 e.